The molecule has 0 spiro atoms. The Morgan fingerprint density at radius 3 is 2.26 bits per heavy atom. The number of carbonyl (C=O) groups is 3. The summed E-state index contributed by atoms with van der Waals surface area (Å²) in [6, 6.07) is 0. The maximum absolute atomic E-state index is 12.0. The van der Waals surface area contributed by atoms with Crippen LogP contribution in [0.4, 0.5) is 0 Å². The van der Waals surface area contributed by atoms with Gasteiger partial charge in [-0.15, -0.1) is 5.06 Å². The van der Waals surface area contributed by atoms with Gasteiger partial charge in [-0.3, -0.25) is 9.59 Å². The average Bonchev–Trinajstić information content (AvgIpc) is 3.28. The van der Waals surface area contributed by atoms with E-state index in [9.17, 15) is 39.9 Å². The van der Waals surface area contributed by atoms with Gasteiger partial charge < -0.3 is 49.5 Å². The Morgan fingerprint density at radius 2 is 1.57 bits per heavy atom. The van der Waals surface area contributed by atoms with E-state index in [0.29, 0.717) is 31.0 Å². The number of imide groups is 1. The minimum absolute atomic E-state index is 0.0510. The Hall–Kier alpha value is -1.75. The number of aliphatic hydroxyl groups is 5. The lowest BCUT2D eigenvalue weighted by Gasteiger charge is -2.39. The molecule has 0 radical (unpaired) electrons. The Labute approximate surface area is 246 Å². The number of aliphatic hydroxyl groups excluding tert-OH is 5. The number of rotatable bonds is 17. The molecular formula is C28H48N2O12. The van der Waals surface area contributed by atoms with Crippen LogP contribution in [-0.2, 0) is 33.4 Å². The van der Waals surface area contributed by atoms with Gasteiger partial charge in [-0.2, -0.15) is 0 Å². The van der Waals surface area contributed by atoms with Crippen molar-refractivity contribution in [1.82, 2.24) is 9.96 Å². The fourth-order valence-corrected chi connectivity index (χ4v) is 5.42. The van der Waals surface area contributed by atoms with E-state index >= 15 is 0 Å². The van der Waals surface area contributed by atoms with Gasteiger partial charge in [-0.05, 0) is 65.0 Å². The number of carbonyl (C=O) groups excluding carboxylic acids is 3. The third-order valence-electron chi connectivity index (χ3n) is 8.01. The summed E-state index contributed by atoms with van der Waals surface area (Å²) in [4.78, 5) is 42.3. The highest BCUT2D eigenvalue weighted by atomic mass is 16.7. The van der Waals surface area contributed by atoms with Crippen LogP contribution in [0.5, 0.6) is 0 Å². The van der Waals surface area contributed by atoms with E-state index in [1.165, 1.54) is 0 Å². The van der Waals surface area contributed by atoms with E-state index in [0.717, 1.165) is 45.1 Å². The first-order valence-corrected chi connectivity index (χ1v) is 15.1. The lowest BCUT2D eigenvalue weighted by Crippen LogP contribution is -2.59. The maximum Gasteiger partial charge on any atom is 0.333 e. The molecule has 3 aliphatic rings. The van der Waals surface area contributed by atoms with Gasteiger partial charge in [-0.1, -0.05) is 6.42 Å². The Morgan fingerprint density at radius 1 is 0.881 bits per heavy atom. The summed E-state index contributed by atoms with van der Waals surface area (Å²) in [6.45, 7) is 3.55. The lowest BCUT2D eigenvalue weighted by atomic mass is 9.98. The van der Waals surface area contributed by atoms with E-state index in [4.69, 9.17) is 19.0 Å². The molecule has 3 heterocycles. The highest BCUT2D eigenvalue weighted by Crippen LogP contribution is 2.24. The summed E-state index contributed by atoms with van der Waals surface area (Å²) in [5, 5.41) is 50.4. The van der Waals surface area contributed by atoms with Crippen LogP contribution < -0.4 is 0 Å². The first kappa shape index (κ1) is 34.7. The summed E-state index contributed by atoms with van der Waals surface area (Å²) < 4.78 is 17.0. The van der Waals surface area contributed by atoms with Crippen LogP contribution in [0.3, 0.4) is 0 Å². The van der Waals surface area contributed by atoms with Gasteiger partial charge in [0.2, 0.25) is 0 Å². The molecule has 0 saturated carbocycles. The molecule has 0 aromatic carbocycles. The molecule has 14 nitrogen and oxygen atoms in total. The summed E-state index contributed by atoms with van der Waals surface area (Å²) in [5.41, 5.74) is 0. The zero-order chi connectivity index (χ0) is 30.6. The van der Waals surface area contributed by atoms with Crippen molar-refractivity contribution in [2.45, 2.75) is 127 Å². The second-order valence-electron chi connectivity index (χ2n) is 11.4. The summed E-state index contributed by atoms with van der Waals surface area (Å²) in [6.07, 6.45) is -0.898. The fourth-order valence-electron chi connectivity index (χ4n) is 5.42. The molecule has 3 fully saturated rings. The fraction of sp³-hybridized carbons (Fsp3) is 0.893. The van der Waals surface area contributed by atoms with E-state index in [1.807, 2.05) is 6.92 Å². The minimum Gasteiger partial charge on any atom is -0.394 e. The highest BCUT2D eigenvalue weighted by molar-refractivity contribution is 6.01. The van der Waals surface area contributed by atoms with Crippen molar-refractivity contribution in [2.75, 3.05) is 32.8 Å². The van der Waals surface area contributed by atoms with Gasteiger partial charge in [0.05, 0.1) is 31.5 Å². The van der Waals surface area contributed by atoms with Gasteiger partial charge in [0, 0.05) is 25.8 Å². The van der Waals surface area contributed by atoms with Crippen molar-refractivity contribution in [3.8, 4) is 0 Å². The number of ether oxygens (including phenoxy) is 3. The molecule has 5 N–H and O–H groups in total. The van der Waals surface area contributed by atoms with Crippen LogP contribution in [0.1, 0.15) is 77.6 Å². The number of amides is 2. The molecule has 0 aliphatic carbocycles. The molecule has 2 amide bonds. The third-order valence-corrected chi connectivity index (χ3v) is 8.01. The maximum atomic E-state index is 12.0. The molecule has 42 heavy (non-hydrogen) atoms. The molecule has 14 heteroatoms. The van der Waals surface area contributed by atoms with Gasteiger partial charge in [0.25, 0.3) is 11.8 Å². The smallest absolute Gasteiger partial charge is 0.333 e. The molecule has 8 atom stereocenters. The molecule has 0 bridgehead atoms. The second-order valence-corrected chi connectivity index (χ2v) is 11.4. The SMILES string of the molecule is C[C@H]1CC[C@H](O)[C@H](CCCCN(CCCCCC(=O)ON2C(=O)CCC2=O)CCO[C@H]2O[C@H](CO)[C@@H](O)[C@H](O)[C@@H]2O)O1. The monoisotopic (exact) mass is 604 g/mol. The lowest BCUT2D eigenvalue weighted by molar-refractivity contribution is -0.301. The Balaban J connectivity index is 1.41. The van der Waals surface area contributed by atoms with Crippen molar-refractivity contribution in [1.29, 1.82) is 0 Å². The van der Waals surface area contributed by atoms with Crippen molar-refractivity contribution >= 4 is 17.8 Å². The van der Waals surface area contributed by atoms with Crippen LogP contribution in [-0.4, -0.2) is 135 Å². The molecule has 0 aromatic heterocycles. The number of nitrogens with zero attached hydrogens (tertiary/aromatic N) is 2. The Kier molecular flexibility index (Phi) is 14.5. The summed E-state index contributed by atoms with van der Waals surface area (Å²) >= 11 is 0. The third kappa shape index (κ3) is 10.5. The van der Waals surface area contributed by atoms with Gasteiger partial charge in [-0.25, -0.2) is 4.79 Å². The van der Waals surface area contributed by atoms with Crippen LogP contribution in [0.15, 0.2) is 0 Å². The number of hydrogen-bond acceptors (Lipinski definition) is 13. The highest BCUT2D eigenvalue weighted by Gasteiger charge is 2.44. The standard InChI is InChI=1S/C28H48N2O12/c1-18-9-10-19(32)20(40-18)7-4-6-14-29(15-16-39-28-27(38)26(37)25(36)21(17-31)41-28)13-5-2-3-8-24(35)42-30-22(33)11-12-23(30)34/h18-21,25-28,31-32,36-38H,2-17H2,1H3/t18-,19-,20-,21+,25+,26-,27-,28-/m0/s1. The number of hydrogen-bond donors (Lipinski definition) is 5. The Bertz CT molecular complexity index is 845. The molecule has 0 aromatic rings. The van der Waals surface area contributed by atoms with E-state index in [1.54, 1.807) is 0 Å². The second kappa shape index (κ2) is 17.5. The van der Waals surface area contributed by atoms with Crippen LogP contribution in [0, 0.1) is 0 Å². The number of unbranched alkanes of at least 4 members (excludes halogenated alkanes) is 3. The van der Waals surface area contributed by atoms with Crippen molar-refractivity contribution in [2.24, 2.45) is 0 Å². The van der Waals surface area contributed by atoms with Crippen molar-refractivity contribution in [3.63, 3.8) is 0 Å². The normalized spacial score (nSPS) is 32.1. The first-order valence-electron chi connectivity index (χ1n) is 15.1. The van der Waals surface area contributed by atoms with Gasteiger partial charge >= 0.3 is 5.97 Å². The van der Waals surface area contributed by atoms with Crippen LogP contribution in [0.25, 0.3) is 0 Å². The topological polar surface area (TPSA) is 196 Å². The van der Waals surface area contributed by atoms with Crippen molar-refractivity contribution < 1.29 is 59.0 Å². The predicted octanol–water partition coefficient (Wildman–Crippen LogP) is -0.629. The molecule has 3 rings (SSSR count). The number of hydroxylamine groups is 2. The van der Waals surface area contributed by atoms with Crippen molar-refractivity contribution in [3.05, 3.63) is 0 Å². The largest absolute Gasteiger partial charge is 0.394 e. The zero-order valence-corrected chi connectivity index (χ0v) is 24.4. The minimum atomic E-state index is -1.51. The first-order chi connectivity index (χ1) is 20.1. The molecular weight excluding hydrogens is 556 g/mol. The quantitative estimate of drug-likeness (QED) is 0.104. The van der Waals surface area contributed by atoms with Gasteiger partial charge in [0.1, 0.15) is 24.4 Å². The summed E-state index contributed by atoms with van der Waals surface area (Å²) in [7, 11) is 0. The van der Waals surface area contributed by atoms with Crippen LogP contribution in [0.2, 0.25) is 0 Å². The summed E-state index contributed by atoms with van der Waals surface area (Å²) in [5.74, 6) is -1.63. The average molecular weight is 605 g/mol. The van der Waals surface area contributed by atoms with E-state index in [-0.39, 0.29) is 38.1 Å². The zero-order valence-electron chi connectivity index (χ0n) is 24.4. The van der Waals surface area contributed by atoms with E-state index < -0.39 is 61.2 Å². The van der Waals surface area contributed by atoms with Gasteiger partial charge in [0.15, 0.2) is 6.29 Å². The molecule has 3 saturated heterocycles. The molecule has 242 valence electrons. The van der Waals surface area contributed by atoms with E-state index in [2.05, 4.69) is 4.90 Å². The van der Waals surface area contributed by atoms with Crippen LogP contribution >= 0.6 is 0 Å². The molecule has 0 unspecified atom stereocenters. The predicted molar refractivity (Wildman–Crippen MR) is 145 cm³/mol. The molecule has 3 aliphatic heterocycles.